The summed E-state index contributed by atoms with van der Waals surface area (Å²) in [6.45, 7) is 4.26. The van der Waals surface area contributed by atoms with Crippen LogP contribution in [0.1, 0.15) is 31.7 Å². The Hall–Kier alpha value is -1.35. The highest BCUT2D eigenvalue weighted by Gasteiger charge is 2.30. The predicted molar refractivity (Wildman–Crippen MR) is 73.2 cm³/mol. The lowest BCUT2D eigenvalue weighted by molar-refractivity contribution is -0.122. The minimum Gasteiger partial charge on any atom is -0.355 e. The van der Waals surface area contributed by atoms with Crippen molar-refractivity contribution >= 4 is 5.91 Å². The molecule has 1 aromatic rings. The number of rotatable bonds is 7. The van der Waals surface area contributed by atoms with Gasteiger partial charge in [0.05, 0.1) is 6.54 Å². The minimum absolute atomic E-state index is 0.152. The van der Waals surface area contributed by atoms with Crippen molar-refractivity contribution in [2.45, 2.75) is 38.8 Å². The number of hydrogen-bond acceptors (Lipinski definition) is 2. The van der Waals surface area contributed by atoms with Gasteiger partial charge in [-0.2, -0.15) is 0 Å². The van der Waals surface area contributed by atoms with Crippen molar-refractivity contribution in [2.75, 3.05) is 13.1 Å². The summed E-state index contributed by atoms with van der Waals surface area (Å²) in [5.41, 5.74) is 1.28. The molecule has 0 radical (unpaired) electrons. The Balaban J connectivity index is 1.86. The number of nitrogens with zero attached hydrogens (tertiary/aromatic N) is 1. The van der Waals surface area contributed by atoms with Gasteiger partial charge in [-0.1, -0.05) is 37.3 Å². The molecule has 0 bridgehead atoms. The maximum absolute atomic E-state index is 11.8. The number of carbonyl (C=O) groups is 1. The van der Waals surface area contributed by atoms with Gasteiger partial charge in [0, 0.05) is 19.1 Å². The van der Waals surface area contributed by atoms with Crippen molar-refractivity contribution in [3.8, 4) is 0 Å². The van der Waals surface area contributed by atoms with Crippen molar-refractivity contribution < 1.29 is 4.79 Å². The van der Waals surface area contributed by atoms with Gasteiger partial charge >= 0.3 is 0 Å². The molecule has 1 aliphatic carbocycles. The second kappa shape index (κ2) is 6.55. The van der Waals surface area contributed by atoms with Gasteiger partial charge in [-0.05, 0) is 24.8 Å². The molecule has 0 aliphatic heterocycles. The van der Waals surface area contributed by atoms with Gasteiger partial charge in [-0.3, -0.25) is 9.69 Å². The van der Waals surface area contributed by atoms with Crippen LogP contribution in [-0.4, -0.2) is 29.9 Å². The van der Waals surface area contributed by atoms with E-state index >= 15 is 0 Å². The van der Waals surface area contributed by atoms with Gasteiger partial charge in [-0.15, -0.1) is 0 Å². The molecule has 0 unspecified atom stereocenters. The molecule has 1 saturated carbocycles. The Kier molecular flexibility index (Phi) is 4.76. The first-order chi connectivity index (χ1) is 8.79. The van der Waals surface area contributed by atoms with Crippen LogP contribution in [0.3, 0.4) is 0 Å². The van der Waals surface area contributed by atoms with Crippen LogP contribution in [0.25, 0.3) is 0 Å². The van der Waals surface area contributed by atoms with E-state index in [0.717, 1.165) is 19.5 Å². The quantitative estimate of drug-likeness (QED) is 0.799. The van der Waals surface area contributed by atoms with Crippen LogP contribution in [0.2, 0.25) is 0 Å². The maximum atomic E-state index is 11.8. The van der Waals surface area contributed by atoms with Crippen molar-refractivity contribution in [3.63, 3.8) is 0 Å². The zero-order chi connectivity index (χ0) is 12.8. The first-order valence-electron chi connectivity index (χ1n) is 6.84. The number of carbonyl (C=O) groups excluding carboxylic acids is 1. The van der Waals surface area contributed by atoms with Gasteiger partial charge in [0.15, 0.2) is 0 Å². The average Bonchev–Trinajstić information content (AvgIpc) is 3.21. The Morgan fingerprint density at radius 1 is 1.33 bits per heavy atom. The SMILES string of the molecule is CCCNC(=O)CN(Cc1ccccc1)C1CC1. The molecule has 3 nitrogen and oxygen atoms in total. The Morgan fingerprint density at radius 3 is 2.67 bits per heavy atom. The van der Waals surface area contributed by atoms with E-state index in [4.69, 9.17) is 0 Å². The van der Waals surface area contributed by atoms with Crippen molar-refractivity contribution in [1.29, 1.82) is 0 Å². The molecule has 0 aromatic heterocycles. The molecule has 98 valence electrons. The molecule has 1 aromatic carbocycles. The summed E-state index contributed by atoms with van der Waals surface area (Å²) >= 11 is 0. The molecule has 1 aliphatic rings. The largest absolute Gasteiger partial charge is 0.355 e. The van der Waals surface area contributed by atoms with Crippen LogP contribution in [0.15, 0.2) is 30.3 Å². The van der Waals surface area contributed by atoms with Crippen LogP contribution >= 0.6 is 0 Å². The van der Waals surface area contributed by atoms with E-state index in [0.29, 0.717) is 12.6 Å². The number of amides is 1. The van der Waals surface area contributed by atoms with E-state index in [9.17, 15) is 4.79 Å². The van der Waals surface area contributed by atoms with Gasteiger partial charge < -0.3 is 5.32 Å². The summed E-state index contributed by atoms with van der Waals surface area (Å²) in [4.78, 5) is 14.1. The third-order valence-electron chi connectivity index (χ3n) is 3.21. The average molecular weight is 246 g/mol. The van der Waals surface area contributed by atoms with Crippen molar-refractivity contribution in [1.82, 2.24) is 10.2 Å². The third-order valence-corrected chi connectivity index (χ3v) is 3.21. The molecule has 18 heavy (non-hydrogen) atoms. The van der Waals surface area contributed by atoms with Gasteiger partial charge in [0.2, 0.25) is 5.91 Å². The first kappa shape index (κ1) is 13.1. The fourth-order valence-electron chi connectivity index (χ4n) is 2.08. The van der Waals surface area contributed by atoms with Gasteiger partial charge in [0.25, 0.3) is 0 Å². The standard InChI is InChI=1S/C15H22N2O/c1-2-10-16-15(18)12-17(14-8-9-14)11-13-6-4-3-5-7-13/h3-7,14H,2,8-12H2,1H3,(H,16,18). The summed E-state index contributed by atoms with van der Waals surface area (Å²) in [6.07, 6.45) is 3.45. The van der Waals surface area contributed by atoms with E-state index in [-0.39, 0.29) is 5.91 Å². The lowest BCUT2D eigenvalue weighted by Gasteiger charge is -2.21. The third kappa shape index (κ3) is 4.15. The lowest BCUT2D eigenvalue weighted by Crippen LogP contribution is -2.38. The van der Waals surface area contributed by atoms with E-state index in [1.165, 1.54) is 18.4 Å². The highest BCUT2D eigenvalue weighted by Crippen LogP contribution is 2.27. The van der Waals surface area contributed by atoms with E-state index in [2.05, 4.69) is 41.4 Å². The fraction of sp³-hybridized carbons (Fsp3) is 0.533. The summed E-state index contributed by atoms with van der Waals surface area (Å²) in [5, 5.41) is 2.95. The zero-order valence-electron chi connectivity index (χ0n) is 11.1. The molecule has 1 amide bonds. The van der Waals surface area contributed by atoms with Crippen LogP contribution in [-0.2, 0) is 11.3 Å². The molecular formula is C15H22N2O. The molecular weight excluding hydrogens is 224 g/mol. The van der Waals surface area contributed by atoms with Gasteiger partial charge in [-0.25, -0.2) is 0 Å². The summed E-state index contributed by atoms with van der Waals surface area (Å²) in [7, 11) is 0. The first-order valence-corrected chi connectivity index (χ1v) is 6.84. The Morgan fingerprint density at radius 2 is 2.06 bits per heavy atom. The monoisotopic (exact) mass is 246 g/mol. The number of benzene rings is 1. The smallest absolute Gasteiger partial charge is 0.234 e. The number of nitrogens with one attached hydrogen (secondary N) is 1. The minimum atomic E-state index is 0.152. The normalized spacial score (nSPS) is 14.8. The molecule has 1 N–H and O–H groups in total. The molecule has 1 fully saturated rings. The van der Waals surface area contributed by atoms with Crippen molar-refractivity contribution in [3.05, 3.63) is 35.9 Å². The molecule has 0 atom stereocenters. The molecule has 0 heterocycles. The second-order valence-electron chi connectivity index (χ2n) is 4.97. The maximum Gasteiger partial charge on any atom is 0.234 e. The highest BCUT2D eigenvalue weighted by atomic mass is 16.2. The van der Waals surface area contributed by atoms with Crippen LogP contribution < -0.4 is 5.32 Å². The molecule has 0 spiro atoms. The second-order valence-corrected chi connectivity index (χ2v) is 4.97. The van der Waals surface area contributed by atoms with Crippen LogP contribution in [0.5, 0.6) is 0 Å². The summed E-state index contributed by atoms with van der Waals surface area (Å²) in [5.74, 6) is 0.152. The Labute approximate surface area is 109 Å². The lowest BCUT2D eigenvalue weighted by atomic mass is 10.2. The highest BCUT2D eigenvalue weighted by molar-refractivity contribution is 5.78. The van der Waals surface area contributed by atoms with Crippen molar-refractivity contribution in [2.24, 2.45) is 0 Å². The summed E-state index contributed by atoms with van der Waals surface area (Å²) in [6, 6.07) is 11.0. The molecule has 3 heteroatoms. The van der Waals surface area contributed by atoms with Gasteiger partial charge in [0.1, 0.15) is 0 Å². The van der Waals surface area contributed by atoms with E-state index in [1.807, 2.05) is 6.07 Å². The molecule has 0 saturated heterocycles. The van der Waals surface area contributed by atoms with Crippen LogP contribution in [0, 0.1) is 0 Å². The topological polar surface area (TPSA) is 32.3 Å². The fourth-order valence-corrected chi connectivity index (χ4v) is 2.08. The van der Waals surface area contributed by atoms with E-state index < -0.39 is 0 Å². The zero-order valence-corrected chi connectivity index (χ0v) is 11.1. The predicted octanol–water partition coefficient (Wildman–Crippen LogP) is 2.18. The summed E-state index contributed by atoms with van der Waals surface area (Å²) < 4.78 is 0. The molecule has 2 rings (SSSR count). The van der Waals surface area contributed by atoms with Crippen LogP contribution in [0.4, 0.5) is 0 Å². The van der Waals surface area contributed by atoms with E-state index in [1.54, 1.807) is 0 Å². The number of hydrogen-bond donors (Lipinski definition) is 1. The Bertz CT molecular complexity index is 373.